The van der Waals surface area contributed by atoms with Crippen molar-refractivity contribution in [1.29, 1.82) is 0 Å². The van der Waals surface area contributed by atoms with Crippen LogP contribution in [0.15, 0.2) is 18.2 Å². The minimum Gasteiger partial charge on any atom is -0.351 e. The van der Waals surface area contributed by atoms with Crippen molar-refractivity contribution in [1.82, 2.24) is 10.3 Å². The molecule has 1 aromatic carbocycles. The van der Waals surface area contributed by atoms with Crippen LogP contribution < -0.4 is 5.32 Å². The summed E-state index contributed by atoms with van der Waals surface area (Å²) in [6, 6.07) is 6.66. The first-order valence-corrected chi connectivity index (χ1v) is 11.5. The normalized spacial score (nSPS) is 22.1. The Morgan fingerprint density at radius 3 is 2.50 bits per heavy atom. The molecule has 0 saturated carbocycles. The van der Waals surface area contributed by atoms with Crippen molar-refractivity contribution < 1.29 is 4.79 Å². The highest BCUT2D eigenvalue weighted by Crippen LogP contribution is 2.57. The molecule has 1 spiro atoms. The summed E-state index contributed by atoms with van der Waals surface area (Å²) in [5.74, 6) is 5.81. The summed E-state index contributed by atoms with van der Waals surface area (Å²) in [6.07, 6.45) is 5.25. The maximum absolute atomic E-state index is 12.7. The molecule has 2 fully saturated rings. The first kappa shape index (κ1) is 16.1. The van der Waals surface area contributed by atoms with E-state index < -0.39 is 0 Å². The standard InChI is InChI=1S/C20H28N2OS/c1-14-11-15(2)17-13-19(22-18(17)12-14)20(23)21-16-5-9-24(10-6-16)7-3-4-8-24/h11-13,16,22H,3-10H2,1-2H3,(H,21,23). The average molecular weight is 345 g/mol. The molecule has 130 valence electrons. The first-order valence-electron chi connectivity index (χ1n) is 9.20. The highest BCUT2D eigenvalue weighted by Gasteiger charge is 2.33. The van der Waals surface area contributed by atoms with E-state index in [0.717, 1.165) is 10.9 Å². The van der Waals surface area contributed by atoms with Gasteiger partial charge in [-0.3, -0.25) is 4.79 Å². The number of hydrogen-bond donors (Lipinski definition) is 2. The van der Waals surface area contributed by atoms with E-state index in [1.807, 2.05) is 6.07 Å². The molecule has 24 heavy (non-hydrogen) atoms. The van der Waals surface area contributed by atoms with E-state index >= 15 is 0 Å². The number of aromatic nitrogens is 1. The highest BCUT2D eigenvalue weighted by molar-refractivity contribution is 8.33. The number of aromatic amines is 1. The van der Waals surface area contributed by atoms with Gasteiger partial charge in [-0.15, -0.1) is 0 Å². The second-order valence-electron chi connectivity index (χ2n) is 7.72. The number of H-pyrrole nitrogens is 1. The molecule has 4 rings (SSSR count). The number of rotatable bonds is 2. The van der Waals surface area contributed by atoms with Crippen LogP contribution in [0.1, 0.15) is 47.3 Å². The largest absolute Gasteiger partial charge is 0.351 e. The third-order valence-corrected chi connectivity index (χ3v) is 10.4. The molecule has 4 heteroatoms. The minimum atomic E-state index is -0.286. The molecule has 1 amide bonds. The topological polar surface area (TPSA) is 44.9 Å². The lowest BCUT2D eigenvalue weighted by atomic mass is 10.1. The highest BCUT2D eigenvalue weighted by atomic mass is 32.3. The lowest BCUT2D eigenvalue weighted by Gasteiger charge is -2.42. The van der Waals surface area contributed by atoms with Crippen molar-refractivity contribution in [2.45, 2.75) is 45.6 Å². The molecule has 3 nitrogen and oxygen atoms in total. The number of carbonyl (C=O) groups is 1. The van der Waals surface area contributed by atoms with E-state index in [4.69, 9.17) is 0 Å². The number of nitrogens with one attached hydrogen (secondary N) is 2. The molecule has 0 aliphatic carbocycles. The van der Waals surface area contributed by atoms with Gasteiger partial charge in [-0.25, -0.2) is 10.0 Å². The van der Waals surface area contributed by atoms with Crippen LogP contribution in [-0.4, -0.2) is 39.9 Å². The molecule has 0 bridgehead atoms. The van der Waals surface area contributed by atoms with Gasteiger partial charge in [-0.05, 0) is 85.8 Å². The van der Waals surface area contributed by atoms with E-state index in [-0.39, 0.29) is 15.9 Å². The summed E-state index contributed by atoms with van der Waals surface area (Å²) >= 11 is 0. The molecular weight excluding hydrogens is 316 g/mol. The zero-order chi connectivity index (χ0) is 16.7. The fraction of sp³-hybridized carbons (Fsp3) is 0.550. The zero-order valence-electron chi connectivity index (χ0n) is 14.8. The molecule has 3 heterocycles. The Labute approximate surface area is 145 Å². The summed E-state index contributed by atoms with van der Waals surface area (Å²) in [6.45, 7) is 4.20. The van der Waals surface area contributed by atoms with Crippen molar-refractivity contribution in [3.63, 3.8) is 0 Å². The van der Waals surface area contributed by atoms with Gasteiger partial charge in [0.2, 0.25) is 0 Å². The van der Waals surface area contributed by atoms with E-state index in [9.17, 15) is 4.79 Å². The predicted molar refractivity (Wildman–Crippen MR) is 105 cm³/mol. The number of hydrogen-bond acceptors (Lipinski definition) is 1. The summed E-state index contributed by atoms with van der Waals surface area (Å²) in [5.41, 5.74) is 4.22. The fourth-order valence-corrected chi connectivity index (χ4v) is 8.91. The molecule has 2 aliphatic rings. The smallest absolute Gasteiger partial charge is 0.267 e. The lowest BCUT2D eigenvalue weighted by Crippen LogP contribution is -2.40. The molecule has 0 unspecified atom stereocenters. The van der Waals surface area contributed by atoms with E-state index in [1.54, 1.807) is 0 Å². The van der Waals surface area contributed by atoms with Crippen LogP contribution in [0.3, 0.4) is 0 Å². The minimum absolute atomic E-state index is 0.0608. The van der Waals surface area contributed by atoms with Crippen LogP contribution >= 0.6 is 10.0 Å². The quantitative estimate of drug-likeness (QED) is 0.839. The number of benzene rings is 1. The Hall–Kier alpha value is -1.42. The van der Waals surface area contributed by atoms with Crippen molar-refractivity contribution in [3.8, 4) is 0 Å². The second-order valence-corrected chi connectivity index (χ2v) is 11.8. The van der Waals surface area contributed by atoms with E-state index in [0.29, 0.717) is 11.7 Å². The number of aryl methyl sites for hydroxylation is 2. The molecule has 1 aromatic heterocycles. The molecule has 0 radical (unpaired) electrons. The molecule has 2 N–H and O–H groups in total. The van der Waals surface area contributed by atoms with Crippen LogP contribution in [0.4, 0.5) is 0 Å². The monoisotopic (exact) mass is 344 g/mol. The maximum Gasteiger partial charge on any atom is 0.267 e. The van der Waals surface area contributed by atoms with Gasteiger partial charge in [0.15, 0.2) is 0 Å². The summed E-state index contributed by atoms with van der Waals surface area (Å²) in [4.78, 5) is 16.0. The predicted octanol–water partition coefficient (Wildman–Crippen LogP) is 4.28. The summed E-state index contributed by atoms with van der Waals surface area (Å²) in [7, 11) is -0.286. The molecule has 0 atom stereocenters. The SMILES string of the molecule is Cc1cc(C)c2cc(C(=O)NC3CCS4(CCCC4)CC3)[nH]c2c1. The number of fused-ring (bicyclic) bond motifs is 1. The Morgan fingerprint density at radius 1 is 1.08 bits per heavy atom. The van der Waals surface area contributed by atoms with Gasteiger partial charge in [-0.1, -0.05) is 6.07 Å². The van der Waals surface area contributed by atoms with Crippen molar-refractivity contribution in [3.05, 3.63) is 35.0 Å². The number of amides is 1. The molecule has 2 saturated heterocycles. The van der Waals surface area contributed by atoms with Crippen molar-refractivity contribution >= 4 is 26.8 Å². The van der Waals surface area contributed by atoms with Gasteiger partial charge in [-0.2, -0.15) is 0 Å². The maximum atomic E-state index is 12.7. The van der Waals surface area contributed by atoms with Gasteiger partial charge in [0, 0.05) is 16.9 Å². The van der Waals surface area contributed by atoms with E-state index in [1.165, 1.54) is 59.8 Å². The fourth-order valence-electron chi connectivity index (χ4n) is 4.49. The zero-order valence-corrected chi connectivity index (χ0v) is 15.6. The Balaban J connectivity index is 1.44. The third kappa shape index (κ3) is 2.97. The molecular formula is C20H28N2OS. The average Bonchev–Trinajstić information content (AvgIpc) is 3.17. The Morgan fingerprint density at radius 2 is 1.79 bits per heavy atom. The molecule has 2 aromatic rings. The van der Waals surface area contributed by atoms with Crippen LogP contribution in [0.5, 0.6) is 0 Å². The second kappa shape index (κ2) is 6.14. The van der Waals surface area contributed by atoms with Gasteiger partial charge in [0.25, 0.3) is 5.91 Å². The van der Waals surface area contributed by atoms with Crippen LogP contribution in [-0.2, 0) is 0 Å². The lowest BCUT2D eigenvalue weighted by molar-refractivity contribution is 0.0930. The third-order valence-electron chi connectivity index (χ3n) is 5.87. The van der Waals surface area contributed by atoms with Crippen LogP contribution in [0.25, 0.3) is 10.9 Å². The first-order chi connectivity index (χ1) is 11.5. The van der Waals surface area contributed by atoms with Gasteiger partial charge in [0.1, 0.15) is 5.69 Å². The number of carbonyl (C=O) groups excluding carboxylic acids is 1. The van der Waals surface area contributed by atoms with Crippen molar-refractivity contribution in [2.24, 2.45) is 0 Å². The molecule has 2 aliphatic heterocycles. The Bertz CT molecular complexity index is 763. The van der Waals surface area contributed by atoms with Gasteiger partial charge in [0.05, 0.1) is 0 Å². The van der Waals surface area contributed by atoms with Crippen LogP contribution in [0.2, 0.25) is 0 Å². The van der Waals surface area contributed by atoms with Gasteiger partial charge < -0.3 is 10.3 Å². The van der Waals surface area contributed by atoms with Gasteiger partial charge >= 0.3 is 0 Å². The van der Waals surface area contributed by atoms with Crippen LogP contribution in [0, 0.1) is 13.8 Å². The van der Waals surface area contributed by atoms with E-state index in [2.05, 4.69) is 36.3 Å². The Kier molecular flexibility index (Phi) is 4.11. The summed E-state index contributed by atoms with van der Waals surface area (Å²) in [5, 5.41) is 4.44. The summed E-state index contributed by atoms with van der Waals surface area (Å²) < 4.78 is 0. The van der Waals surface area contributed by atoms with Crippen molar-refractivity contribution in [2.75, 3.05) is 23.0 Å².